The number of ether oxygens (including phenoxy) is 2. The Kier molecular flexibility index (Phi) is 4.43. The summed E-state index contributed by atoms with van der Waals surface area (Å²) in [7, 11) is 3.32. The van der Waals surface area contributed by atoms with Gasteiger partial charge in [-0.3, -0.25) is 0 Å². The zero-order chi connectivity index (χ0) is 11.3. The Balaban J connectivity index is 2.87. The number of nitrogens with two attached hydrogens (primary N) is 1. The van der Waals surface area contributed by atoms with Gasteiger partial charge < -0.3 is 15.2 Å². The van der Waals surface area contributed by atoms with Gasteiger partial charge in [0, 0.05) is 6.07 Å². The molecule has 0 aliphatic heterocycles. The van der Waals surface area contributed by atoms with E-state index in [-0.39, 0.29) is 0 Å². The lowest BCUT2D eigenvalue weighted by Gasteiger charge is -2.13. The van der Waals surface area contributed by atoms with Crippen LogP contribution in [0.1, 0.15) is 12.5 Å². The van der Waals surface area contributed by atoms with E-state index in [0.717, 1.165) is 17.9 Å². The zero-order valence-corrected chi connectivity index (χ0v) is 9.62. The van der Waals surface area contributed by atoms with Crippen LogP contribution in [-0.2, 0) is 6.42 Å². The van der Waals surface area contributed by atoms with Crippen LogP contribution in [0.5, 0.6) is 11.5 Å². The molecule has 3 heteroatoms. The molecule has 3 nitrogen and oxygen atoms in total. The van der Waals surface area contributed by atoms with E-state index in [0.29, 0.717) is 12.5 Å². The van der Waals surface area contributed by atoms with Crippen LogP contribution in [0.15, 0.2) is 18.2 Å². The Bertz CT molecular complexity index is 312. The maximum atomic E-state index is 5.60. The van der Waals surface area contributed by atoms with E-state index in [1.807, 2.05) is 18.2 Å². The van der Waals surface area contributed by atoms with E-state index in [1.165, 1.54) is 5.56 Å². The molecule has 0 bridgehead atoms. The van der Waals surface area contributed by atoms with Crippen LogP contribution in [0.2, 0.25) is 0 Å². The normalized spacial score (nSPS) is 12.3. The minimum Gasteiger partial charge on any atom is -0.497 e. The molecule has 0 saturated heterocycles. The number of hydrogen-bond donors (Lipinski definition) is 1. The van der Waals surface area contributed by atoms with Crippen molar-refractivity contribution in [1.82, 2.24) is 0 Å². The molecule has 0 radical (unpaired) electrons. The quantitative estimate of drug-likeness (QED) is 0.804. The fourth-order valence-corrected chi connectivity index (χ4v) is 1.48. The fourth-order valence-electron chi connectivity index (χ4n) is 1.48. The molecular formula is C12H19NO2. The first-order valence-corrected chi connectivity index (χ1v) is 5.12. The summed E-state index contributed by atoms with van der Waals surface area (Å²) in [4.78, 5) is 0. The Morgan fingerprint density at radius 2 is 2.00 bits per heavy atom. The van der Waals surface area contributed by atoms with Gasteiger partial charge in [0.05, 0.1) is 14.2 Å². The first-order chi connectivity index (χ1) is 7.21. The molecule has 84 valence electrons. The van der Waals surface area contributed by atoms with Gasteiger partial charge in [-0.2, -0.15) is 0 Å². The molecule has 0 aliphatic carbocycles. The molecule has 1 aromatic rings. The Hall–Kier alpha value is -1.22. The van der Waals surface area contributed by atoms with Gasteiger partial charge in [-0.15, -0.1) is 0 Å². The minimum atomic E-state index is 0.465. The van der Waals surface area contributed by atoms with Crippen LogP contribution in [0.4, 0.5) is 0 Å². The molecule has 0 aromatic heterocycles. The number of benzene rings is 1. The molecule has 0 fully saturated rings. The van der Waals surface area contributed by atoms with E-state index < -0.39 is 0 Å². The highest BCUT2D eigenvalue weighted by atomic mass is 16.5. The molecule has 0 aliphatic rings. The summed E-state index contributed by atoms with van der Waals surface area (Å²) >= 11 is 0. The topological polar surface area (TPSA) is 44.5 Å². The summed E-state index contributed by atoms with van der Waals surface area (Å²) in [6, 6.07) is 5.88. The number of methoxy groups -OCH3 is 2. The van der Waals surface area contributed by atoms with Crippen molar-refractivity contribution < 1.29 is 9.47 Å². The Morgan fingerprint density at radius 3 is 2.53 bits per heavy atom. The second-order valence-electron chi connectivity index (χ2n) is 3.72. The van der Waals surface area contributed by atoms with E-state index in [1.54, 1.807) is 14.2 Å². The van der Waals surface area contributed by atoms with Crippen molar-refractivity contribution in [3.05, 3.63) is 23.8 Å². The summed E-state index contributed by atoms with van der Waals surface area (Å²) < 4.78 is 10.5. The highest BCUT2D eigenvalue weighted by Gasteiger charge is 2.08. The molecule has 15 heavy (non-hydrogen) atoms. The van der Waals surface area contributed by atoms with Gasteiger partial charge in [-0.05, 0) is 30.5 Å². The molecular weight excluding hydrogens is 190 g/mol. The lowest BCUT2D eigenvalue weighted by Crippen LogP contribution is -2.13. The highest BCUT2D eigenvalue weighted by molar-refractivity contribution is 5.40. The van der Waals surface area contributed by atoms with Gasteiger partial charge >= 0.3 is 0 Å². The van der Waals surface area contributed by atoms with E-state index in [2.05, 4.69) is 6.92 Å². The van der Waals surface area contributed by atoms with Gasteiger partial charge in [-0.1, -0.05) is 13.0 Å². The van der Waals surface area contributed by atoms with Gasteiger partial charge in [-0.25, -0.2) is 0 Å². The van der Waals surface area contributed by atoms with Gasteiger partial charge in [0.1, 0.15) is 11.5 Å². The van der Waals surface area contributed by atoms with Crippen molar-refractivity contribution in [1.29, 1.82) is 0 Å². The number of hydrogen-bond acceptors (Lipinski definition) is 3. The number of rotatable bonds is 5. The summed E-state index contributed by atoms with van der Waals surface area (Å²) in [6.45, 7) is 2.82. The molecule has 0 amide bonds. The molecule has 0 saturated carbocycles. The monoisotopic (exact) mass is 209 g/mol. The molecule has 1 rings (SSSR count). The highest BCUT2D eigenvalue weighted by Crippen LogP contribution is 2.26. The van der Waals surface area contributed by atoms with Crippen molar-refractivity contribution in [2.75, 3.05) is 20.8 Å². The first-order valence-electron chi connectivity index (χ1n) is 5.12. The third-order valence-electron chi connectivity index (χ3n) is 2.46. The van der Waals surface area contributed by atoms with Crippen LogP contribution in [-0.4, -0.2) is 20.8 Å². The lowest BCUT2D eigenvalue weighted by molar-refractivity contribution is 0.388. The van der Waals surface area contributed by atoms with Gasteiger partial charge in [0.15, 0.2) is 0 Å². The van der Waals surface area contributed by atoms with E-state index >= 15 is 0 Å². The third-order valence-corrected chi connectivity index (χ3v) is 2.46. The maximum absolute atomic E-state index is 5.60. The lowest BCUT2D eigenvalue weighted by atomic mass is 10.0. The summed E-state index contributed by atoms with van der Waals surface area (Å²) in [6.07, 6.45) is 0.934. The largest absolute Gasteiger partial charge is 0.497 e. The second-order valence-corrected chi connectivity index (χ2v) is 3.72. The van der Waals surface area contributed by atoms with Crippen LogP contribution in [0.25, 0.3) is 0 Å². The molecule has 1 unspecified atom stereocenters. The Labute approximate surface area is 91.2 Å². The van der Waals surface area contributed by atoms with Crippen molar-refractivity contribution >= 4 is 0 Å². The van der Waals surface area contributed by atoms with Crippen molar-refractivity contribution in [3.8, 4) is 11.5 Å². The molecule has 1 aromatic carbocycles. The van der Waals surface area contributed by atoms with Crippen molar-refractivity contribution in [2.24, 2.45) is 11.7 Å². The van der Waals surface area contributed by atoms with Crippen LogP contribution in [0, 0.1) is 5.92 Å². The molecule has 2 N–H and O–H groups in total. The van der Waals surface area contributed by atoms with Crippen LogP contribution < -0.4 is 15.2 Å². The van der Waals surface area contributed by atoms with E-state index in [9.17, 15) is 0 Å². The van der Waals surface area contributed by atoms with Crippen molar-refractivity contribution in [3.63, 3.8) is 0 Å². The summed E-state index contributed by atoms with van der Waals surface area (Å²) in [5.41, 5.74) is 6.78. The van der Waals surface area contributed by atoms with Gasteiger partial charge in [0.25, 0.3) is 0 Å². The average molecular weight is 209 g/mol. The third kappa shape index (κ3) is 3.13. The standard InChI is InChI=1S/C12H19NO2/c1-9(8-13)6-10-4-5-11(14-2)7-12(10)15-3/h4-5,7,9H,6,8,13H2,1-3H3. The van der Waals surface area contributed by atoms with E-state index in [4.69, 9.17) is 15.2 Å². The predicted octanol–water partition coefficient (Wildman–Crippen LogP) is 1.84. The average Bonchev–Trinajstić information content (AvgIpc) is 2.29. The van der Waals surface area contributed by atoms with Crippen LogP contribution >= 0.6 is 0 Å². The zero-order valence-electron chi connectivity index (χ0n) is 9.62. The smallest absolute Gasteiger partial charge is 0.125 e. The molecule has 0 heterocycles. The summed E-state index contributed by atoms with van der Waals surface area (Å²) in [5.74, 6) is 2.15. The van der Waals surface area contributed by atoms with Crippen molar-refractivity contribution in [2.45, 2.75) is 13.3 Å². The summed E-state index contributed by atoms with van der Waals surface area (Å²) in [5, 5.41) is 0. The SMILES string of the molecule is COc1ccc(CC(C)CN)c(OC)c1. The predicted molar refractivity (Wildman–Crippen MR) is 61.5 cm³/mol. The maximum Gasteiger partial charge on any atom is 0.125 e. The second kappa shape index (κ2) is 5.61. The minimum absolute atomic E-state index is 0.465. The first kappa shape index (κ1) is 11.9. The van der Waals surface area contributed by atoms with Crippen LogP contribution in [0.3, 0.4) is 0 Å². The molecule has 0 spiro atoms. The Morgan fingerprint density at radius 1 is 1.27 bits per heavy atom. The van der Waals surface area contributed by atoms with Gasteiger partial charge in [0.2, 0.25) is 0 Å². The fraction of sp³-hybridized carbons (Fsp3) is 0.500. The molecule has 1 atom stereocenters.